The smallest absolute Gasteiger partial charge is 0.259 e. The van der Waals surface area contributed by atoms with Crippen LogP contribution in [0, 0.1) is 18.6 Å². The summed E-state index contributed by atoms with van der Waals surface area (Å²) in [4.78, 5) is 18.9. The molecule has 1 aliphatic rings. The fourth-order valence-corrected chi connectivity index (χ4v) is 4.07. The summed E-state index contributed by atoms with van der Waals surface area (Å²) in [6.07, 6.45) is 3.45. The molecule has 4 nitrogen and oxygen atoms in total. The number of carbonyl (C=O) groups is 1. The summed E-state index contributed by atoms with van der Waals surface area (Å²) in [6.45, 7) is 2.86. The molecule has 29 heavy (non-hydrogen) atoms. The molecule has 6 heteroatoms. The number of hydrogen-bond donors (Lipinski definition) is 0. The van der Waals surface area contributed by atoms with Crippen LogP contribution in [0.25, 0.3) is 10.8 Å². The Labute approximate surface area is 168 Å². The van der Waals surface area contributed by atoms with Gasteiger partial charge in [0.05, 0.1) is 7.11 Å². The average Bonchev–Trinajstić information content (AvgIpc) is 2.74. The van der Waals surface area contributed by atoms with Crippen LogP contribution in [0.2, 0.25) is 0 Å². The molecule has 1 atom stereocenters. The highest BCUT2D eigenvalue weighted by Crippen LogP contribution is 2.32. The minimum absolute atomic E-state index is 0.0116. The van der Waals surface area contributed by atoms with Crippen molar-refractivity contribution >= 4 is 16.7 Å². The van der Waals surface area contributed by atoms with Gasteiger partial charge in [-0.15, -0.1) is 0 Å². The Balaban J connectivity index is 1.63. The summed E-state index contributed by atoms with van der Waals surface area (Å²) in [5.74, 6) is -1.45. The third-order valence-corrected chi connectivity index (χ3v) is 5.67. The molecule has 0 N–H and O–H groups in total. The lowest BCUT2D eigenvalue weighted by Crippen LogP contribution is -2.40. The largest absolute Gasteiger partial charge is 0.496 e. The van der Waals surface area contributed by atoms with Gasteiger partial charge in [0.25, 0.3) is 5.91 Å². The first-order chi connectivity index (χ1) is 14.0. The molecule has 1 amide bonds. The van der Waals surface area contributed by atoms with Crippen LogP contribution in [0.1, 0.15) is 40.4 Å². The van der Waals surface area contributed by atoms with Crippen LogP contribution in [0.15, 0.2) is 42.6 Å². The molecule has 0 saturated carbocycles. The number of aryl methyl sites for hydroxylation is 1. The van der Waals surface area contributed by atoms with Crippen molar-refractivity contribution in [2.75, 3.05) is 20.2 Å². The topological polar surface area (TPSA) is 42.4 Å². The Morgan fingerprint density at radius 1 is 1.21 bits per heavy atom. The van der Waals surface area contributed by atoms with Crippen LogP contribution in [0.5, 0.6) is 5.75 Å². The standard InChI is InChI=1S/C23H22F2N2O2/c1-14-17-11-20(26-12-15(17)8-9-21(14)29-2)16-5-4-10-27(13-16)23(28)22-18(24)6-3-7-19(22)25/h3,6-9,11-12,16H,4-5,10,13H2,1-2H3. The number of rotatable bonds is 3. The third-order valence-electron chi connectivity index (χ3n) is 5.67. The van der Waals surface area contributed by atoms with E-state index >= 15 is 0 Å². The van der Waals surface area contributed by atoms with Crippen LogP contribution in [-0.2, 0) is 0 Å². The maximum absolute atomic E-state index is 14.1. The summed E-state index contributed by atoms with van der Waals surface area (Å²) in [5, 5.41) is 2.07. The lowest BCUT2D eigenvalue weighted by Gasteiger charge is -2.33. The molecule has 0 aliphatic carbocycles. The molecule has 2 aromatic carbocycles. The van der Waals surface area contributed by atoms with Gasteiger partial charge in [0.15, 0.2) is 0 Å². The third kappa shape index (κ3) is 3.55. The number of carbonyl (C=O) groups excluding carboxylic acids is 1. The van der Waals surface area contributed by atoms with Crippen molar-refractivity contribution in [3.8, 4) is 5.75 Å². The Kier molecular flexibility index (Phi) is 5.18. The highest BCUT2D eigenvalue weighted by atomic mass is 19.1. The van der Waals surface area contributed by atoms with E-state index in [1.54, 1.807) is 7.11 Å². The second-order valence-corrected chi connectivity index (χ2v) is 7.41. The zero-order valence-corrected chi connectivity index (χ0v) is 16.4. The highest BCUT2D eigenvalue weighted by molar-refractivity contribution is 5.95. The molecular formula is C23H22F2N2O2. The molecule has 0 spiro atoms. The van der Waals surface area contributed by atoms with Crippen LogP contribution in [-0.4, -0.2) is 36.0 Å². The monoisotopic (exact) mass is 396 g/mol. The number of pyridine rings is 1. The van der Waals surface area contributed by atoms with Crippen LogP contribution in [0.4, 0.5) is 8.78 Å². The maximum atomic E-state index is 14.1. The van der Waals surface area contributed by atoms with Crippen molar-refractivity contribution in [3.63, 3.8) is 0 Å². The maximum Gasteiger partial charge on any atom is 0.259 e. The quantitative estimate of drug-likeness (QED) is 0.636. The molecule has 4 rings (SSSR count). The van der Waals surface area contributed by atoms with Gasteiger partial charge in [0.2, 0.25) is 0 Å². The number of nitrogens with zero attached hydrogens (tertiary/aromatic N) is 2. The molecule has 1 unspecified atom stereocenters. The number of hydrogen-bond acceptors (Lipinski definition) is 3. The number of methoxy groups -OCH3 is 1. The van der Waals surface area contributed by atoms with Crippen molar-refractivity contribution in [1.82, 2.24) is 9.88 Å². The highest BCUT2D eigenvalue weighted by Gasteiger charge is 2.29. The van der Waals surface area contributed by atoms with Crippen molar-refractivity contribution in [2.45, 2.75) is 25.7 Å². The van der Waals surface area contributed by atoms with E-state index in [0.29, 0.717) is 13.1 Å². The van der Waals surface area contributed by atoms with Gasteiger partial charge in [-0.1, -0.05) is 6.07 Å². The van der Waals surface area contributed by atoms with E-state index in [2.05, 4.69) is 4.98 Å². The molecule has 1 aliphatic heterocycles. The van der Waals surface area contributed by atoms with Gasteiger partial charge in [0, 0.05) is 36.3 Å². The predicted octanol–water partition coefficient (Wildman–Crippen LogP) is 4.85. The normalized spacial score (nSPS) is 16.8. The Bertz CT molecular complexity index is 1060. The number of benzene rings is 2. The van der Waals surface area contributed by atoms with Gasteiger partial charge >= 0.3 is 0 Å². The van der Waals surface area contributed by atoms with Gasteiger partial charge in [0.1, 0.15) is 22.9 Å². The van der Waals surface area contributed by atoms with Crippen LogP contribution in [0.3, 0.4) is 0 Å². The summed E-state index contributed by atoms with van der Waals surface area (Å²) >= 11 is 0. The van der Waals surface area contributed by atoms with E-state index in [9.17, 15) is 13.6 Å². The molecule has 150 valence electrons. The van der Waals surface area contributed by atoms with Crippen molar-refractivity contribution < 1.29 is 18.3 Å². The zero-order valence-electron chi connectivity index (χ0n) is 16.4. The fourth-order valence-electron chi connectivity index (χ4n) is 4.07. The lowest BCUT2D eigenvalue weighted by atomic mass is 9.92. The van der Waals surface area contributed by atoms with Crippen LogP contribution >= 0.6 is 0 Å². The number of piperidine rings is 1. The van der Waals surface area contributed by atoms with E-state index in [0.717, 1.165) is 52.8 Å². The van der Waals surface area contributed by atoms with Crippen LogP contribution < -0.4 is 4.74 Å². The van der Waals surface area contributed by atoms with Gasteiger partial charge < -0.3 is 9.64 Å². The number of ether oxygens (including phenoxy) is 1. The number of fused-ring (bicyclic) bond motifs is 1. The van der Waals surface area contributed by atoms with Crippen molar-refractivity contribution in [1.29, 1.82) is 0 Å². The Morgan fingerprint density at radius 2 is 1.97 bits per heavy atom. The lowest BCUT2D eigenvalue weighted by molar-refractivity contribution is 0.0696. The van der Waals surface area contributed by atoms with Gasteiger partial charge in [-0.25, -0.2) is 8.78 Å². The average molecular weight is 396 g/mol. The van der Waals surface area contributed by atoms with Gasteiger partial charge in [-0.05, 0) is 61.0 Å². The summed E-state index contributed by atoms with van der Waals surface area (Å²) in [6, 6.07) is 9.40. The summed E-state index contributed by atoms with van der Waals surface area (Å²) < 4.78 is 33.5. The van der Waals surface area contributed by atoms with Crippen molar-refractivity contribution in [2.24, 2.45) is 0 Å². The van der Waals surface area contributed by atoms with Gasteiger partial charge in [-0.2, -0.15) is 0 Å². The molecule has 1 aromatic heterocycles. The molecule has 0 radical (unpaired) electrons. The number of likely N-dealkylation sites (tertiary alicyclic amines) is 1. The Hall–Kier alpha value is -3.02. The second-order valence-electron chi connectivity index (χ2n) is 7.41. The molecule has 3 aromatic rings. The van der Waals surface area contributed by atoms with E-state index in [1.807, 2.05) is 31.3 Å². The second kappa shape index (κ2) is 7.78. The van der Waals surface area contributed by atoms with E-state index < -0.39 is 23.1 Å². The SMILES string of the molecule is COc1ccc2cnc(C3CCCN(C(=O)c4c(F)cccc4F)C3)cc2c1C. The first-order valence-corrected chi connectivity index (χ1v) is 9.66. The molecular weight excluding hydrogens is 374 g/mol. The van der Waals surface area contributed by atoms with E-state index in [-0.39, 0.29) is 5.92 Å². The van der Waals surface area contributed by atoms with Gasteiger partial charge in [-0.3, -0.25) is 9.78 Å². The molecule has 1 saturated heterocycles. The minimum Gasteiger partial charge on any atom is -0.496 e. The zero-order chi connectivity index (χ0) is 20.5. The molecule has 1 fully saturated rings. The number of amides is 1. The Morgan fingerprint density at radius 3 is 2.69 bits per heavy atom. The summed E-state index contributed by atoms with van der Waals surface area (Å²) in [5.41, 5.74) is 1.42. The fraction of sp³-hybridized carbons (Fsp3) is 0.304. The minimum atomic E-state index is -0.830. The molecule has 0 bridgehead atoms. The number of aromatic nitrogens is 1. The predicted molar refractivity (Wildman–Crippen MR) is 107 cm³/mol. The number of halogens is 2. The van der Waals surface area contributed by atoms with Crippen molar-refractivity contribution in [3.05, 3.63) is 71.1 Å². The summed E-state index contributed by atoms with van der Waals surface area (Å²) in [7, 11) is 1.64. The first kappa shape index (κ1) is 19.3. The van der Waals surface area contributed by atoms with E-state index in [1.165, 1.54) is 11.0 Å². The first-order valence-electron chi connectivity index (χ1n) is 9.66. The molecule has 2 heterocycles. The van der Waals surface area contributed by atoms with E-state index in [4.69, 9.17) is 4.74 Å².